The number of hydrogen-bond acceptors (Lipinski definition) is 6. The van der Waals surface area contributed by atoms with Gasteiger partial charge in [-0.15, -0.1) is 0 Å². The van der Waals surface area contributed by atoms with Crippen molar-refractivity contribution in [2.75, 3.05) is 6.61 Å². The highest BCUT2D eigenvalue weighted by atomic mass is 35.5. The predicted octanol–water partition coefficient (Wildman–Crippen LogP) is 5.45. The lowest BCUT2D eigenvalue weighted by Gasteiger charge is -2.09. The molecular weight excluding hydrogens is 442 g/mol. The number of aromatic nitrogens is 2. The minimum atomic E-state index is -0.345. The molecule has 0 aliphatic rings. The van der Waals surface area contributed by atoms with E-state index in [0.29, 0.717) is 34.4 Å². The second-order valence-corrected chi connectivity index (χ2v) is 7.65. The summed E-state index contributed by atoms with van der Waals surface area (Å²) in [7, 11) is 0. The zero-order valence-corrected chi connectivity index (χ0v) is 18.3. The second kappa shape index (κ2) is 8.44. The van der Waals surface area contributed by atoms with Crippen LogP contribution in [-0.2, 0) is 0 Å². The number of ether oxygens (including phenoxy) is 1. The number of fused-ring (bicyclic) bond motifs is 2. The van der Waals surface area contributed by atoms with E-state index in [1.54, 1.807) is 31.2 Å². The minimum absolute atomic E-state index is 0.115. The molecule has 2 aromatic heterocycles. The van der Waals surface area contributed by atoms with Gasteiger partial charge in [-0.3, -0.25) is 4.79 Å². The molecule has 0 radical (unpaired) electrons. The molecule has 0 aliphatic heterocycles. The van der Waals surface area contributed by atoms with E-state index in [4.69, 9.17) is 20.8 Å². The van der Waals surface area contributed by atoms with Crippen molar-refractivity contribution < 1.29 is 14.3 Å². The van der Waals surface area contributed by atoms with Gasteiger partial charge in [0, 0.05) is 5.39 Å². The molecule has 0 amide bonds. The molecule has 164 valence electrons. The third-order valence-corrected chi connectivity index (χ3v) is 5.36. The van der Waals surface area contributed by atoms with Gasteiger partial charge < -0.3 is 14.3 Å². The summed E-state index contributed by atoms with van der Waals surface area (Å²) in [5.41, 5.74) is 1.41. The SMILES string of the molecule is CCOc1cc(C=Nn2c(-c3cc4ccccc4o3)nc3ccccc3c2=O)cc(Cl)c1O. The molecule has 33 heavy (non-hydrogen) atoms. The van der Waals surface area contributed by atoms with E-state index in [0.717, 1.165) is 5.39 Å². The van der Waals surface area contributed by atoms with Crippen LogP contribution in [0, 0.1) is 0 Å². The van der Waals surface area contributed by atoms with Crippen molar-refractivity contribution in [3.8, 4) is 23.1 Å². The number of aromatic hydroxyl groups is 1. The van der Waals surface area contributed by atoms with Gasteiger partial charge in [0.15, 0.2) is 17.3 Å². The Kier molecular flexibility index (Phi) is 5.32. The molecule has 0 saturated heterocycles. The van der Waals surface area contributed by atoms with Gasteiger partial charge in [0.05, 0.1) is 28.7 Å². The fourth-order valence-electron chi connectivity index (χ4n) is 3.54. The van der Waals surface area contributed by atoms with Crippen LogP contribution in [-0.4, -0.2) is 27.6 Å². The number of halogens is 1. The van der Waals surface area contributed by atoms with Crippen molar-refractivity contribution in [3.63, 3.8) is 0 Å². The quantitative estimate of drug-likeness (QED) is 0.353. The molecule has 0 spiro atoms. The molecule has 5 rings (SSSR count). The second-order valence-electron chi connectivity index (χ2n) is 7.25. The molecule has 8 heteroatoms. The molecule has 0 fully saturated rings. The maximum absolute atomic E-state index is 13.3. The summed E-state index contributed by atoms with van der Waals surface area (Å²) in [6.07, 6.45) is 1.46. The molecule has 0 unspecified atom stereocenters. The van der Waals surface area contributed by atoms with Gasteiger partial charge in [0.1, 0.15) is 5.58 Å². The normalized spacial score (nSPS) is 11.6. The number of furan rings is 1. The Morgan fingerprint density at radius 3 is 2.76 bits per heavy atom. The fraction of sp³-hybridized carbons (Fsp3) is 0.0800. The lowest BCUT2D eigenvalue weighted by atomic mass is 10.2. The highest BCUT2D eigenvalue weighted by molar-refractivity contribution is 6.32. The van der Waals surface area contributed by atoms with Crippen molar-refractivity contribution in [2.24, 2.45) is 5.10 Å². The van der Waals surface area contributed by atoms with E-state index >= 15 is 0 Å². The summed E-state index contributed by atoms with van der Waals surface area (Å²) in [4.78, 5) is 18.0. The Bertz CT molecular complexity index is 1550. The molecule has 5 aromatic rings. The van der Waals surface area contributed by atoms with Gasteiger partial charge >= 0.3 is 0 Å². The Balaban J connectivity index is 1.69. The summed E-state index contributed by atoms with van der Waals surface area (Å²) in [5, 5.41) is 15.9. The van der Waals surface area contributed by atoms with E-state index in [1.165, 1.54) is 17.0 Å². The van der Waals surface area contributed by atoms with Crippen molar-refractivity contribution >= 4 is 39.7 Å². The summed E-state index contributed by atoms with van der Waals surface area (Å²) in [6.45, 7) is 2.16. The number of phenols is 1. The summed E-state index contributed by atoms with van der Waals surface area (Å²) >= 11 is 6.13. The zero-order chi connectivity index (χ0) is 22.9. The highest BCUT2D eigenvalue weighted by Crippen LogP contribution is 2.35. The van der Waals surface area contributed by atoms with E-state index in [2.05, 4.69) is 10.1 Å². The first-order valence-electron chi connectivity index (χ1n) is 10.3. The first-order chi connectivity index (χ1) is 16.0. The van der Waals surface area contributed by atoms with Gasteiger partial charge in [-0.05, 0) is 48.9 Å². The van der Waals surface area contributed by atoms with Crippen LogP contribution in [0.15, 0.2) is 81.0 Å². The van der Waals surface area contributed by atoms with Gasteiger partial charge in [-0.25, -0.2) is 4.98 Å². The van der Waals surface area contributed by atoms with Gasteiger partial charge in [0.25, 0.3) is 5.56 Å². The van der Waals surface area contributed by atoms with Crippen molar-refractivity contribution in [3.05, 3.63) is 87.7 Å². The van der Waals surface area contributed by atoms with Crippen LogP contribution < -0.4 is 10.3 Å². The van der Waals surface area contributed by atoms with Crippen LogP contribution in [0.3, 0.4) is 0 Å². The number of rotatable bonds is 5. The largest absolute Gasteiger partial charge is 0.503 e. The Morgan fingerprint density at radius 2 is 1.94 bits per heavy atom. The smallest absolute Gasteiger partial charge is 0.282 e. The van der Waals surface area contributed by atoms with Crippen molar-refractivity contribution in [2.45, 2.75) is 6.92 Å². The van der Waals surface area contributed by atoms with Crippen molar-refractivity contribution in [1.29, 1.82) is 0 Å². The number of benzene rings is 3. The Labute approximate surface area is 193 Å². The average molecular weight is 460 g/mol. The molecule has 0 atom stereocenters. The molecule has 1 N–H and O–H groups in total. The molecule has 3 aromatic carbocycles. The first-order valence-corrected chi connectivity index (χ1v) is 10.6. The Hall–Kier alpha value is -4.10. The zero-order valence-electron chi connectivity index (χ0n) is 17.5. The van der Waals surface area contributed by atoms with Crippen LogP contribution >= 0.6 is 11.6 Å². The molecule has 0 bridgehead atoms. The Morgan fingerprint density at radius 1 is 1.15 bits per heavy atom. The summed E-state index contributed by atoms with van der Waals surface area (Å²) < 4.78 is 12.6. The maximum atomic E-state index is 13.3. The predicted molar refractivity (Wildman–Crippen MR) is 128 cm³/mol. The third-order valence-electron chi connectivity index (χ3n) is 5.07. The van der Waals surface area contributed by atoms with Crippen molar-refractivity contribution in [1.82, 2.24) is 9.66 Å². The topological polar surface area (TPSA) is 89.9 Å². The van der Waals surface area contributed by atoms with Gasteiger partial charge in [-0.1, -0.05) is 41.9 Å². The minimum Gasteiger partial charge on any atom is -0.503 e. The molecule has 7 nitrogen and oxygen atoms in total. The monoisotopic (exact) mass is 459 g/mol. The van der Waals surface area contributed by atoms with Crippen LogP contribution in [0.5, 0.6) is 11.5 Å². The molecule has 0 saturated carbocycles. The fourth-order valence-corrected chi connectivity index (χ4v) is 3.76. The highest BCUT2D eigenvalue weighted by Gasteiger charge is 2.16. The van der Waals surface area contributed by atoms with Gasteiger partial charge in [-0.2, -0.15) is 9.78 Å². The summed E-state index contributed by atoms with van der Waals surface area (Å²) in [5.74, 6) is 0.757. The van der Waals surface area contributed by atoms with Crippen LogP contribution in [0.1, 0.15) is 12.5 Å². The lowest BCUT2D eigenvalue weighted by molar-refractivity contribution is 0.318. The number of nitrogens with zero attached hydrogens (tertiary/aromatic N) is 3. The molecule has 0 aliphatic carbocycles. The average Bonchev–Trinajstić information content (AvgIpc) is 3.26. The third kappa shape index (κ3) is 3.83. The molecule has 2 heterocycles. The molecular formula is C25H18ClN3O4. The van der Waals surface area contributed by atoms with E-state index < -0.39 is 0 Å². The van der Waals surface area contributed by atoms with E-state index in [1.807, 2.05) is 36.4 Å². The number of hydrogen-bond donors (Lipinski definition) is 1. The summed E-state index contributed by atoms with van der Waals surface area (Å²) in [6, 6.07) is 19.6. The number of para-hydroxylation sites is 2. The number of phenolic OH excluding ortho intramolecular Hbond substituents is 1. The van der Waals surface area contributed by atoms with E-state index in [-0.39, 0.29) is 27.9 Å². The van der Waals surface area contributed by atoms with Gasteiger partial charge in [0.2, 0.25) is 5.82 Å². The van der Waals surface area contributed by atoms with Crippen LogP contribution in [0.2, 0.25) is 5.02 Å². The maximum Gasteiger partial charge on any atom is 0.282 e. The van der Waals surface area contributed by atoms with Crippen LogP contribution in [0.25, 0.3) is 33.5 Å². The first kappa shape index (κ1) is 20.8. The standard InChI is InChI=1S/C25H18ClN3O4/c1-2-32-21-12-15(11-18(26)23(21)30)14-27-29-24(22-13-16-7-3-6-10-20(16)33-22)28-19-9-5-4-8-17(19)25(29)31/h3-14,30H,2H2,1H3. The van der Waals surface area contributed by atoms with E-state index in [9.17, 15) is 9.90 Å². The van der Waals surface area contributed by atoms with Crippen LogP contribution in [0.4, 0.5) is 0 Å². The lowest BCUT2D eigenvalue weighted by Crippen LogP contribution is -2.20.